The van der Waals surface area contributed by atoms with Crippen molar-refractivity contribution in [3.05, 3.63) is 109 Å². The van der Waals surface area contributed by atoms with Crippen LogP contribution in [0.1, 0.15) is 23.2 Å². The number of aromatic nitrogens is 4. The van der Waals surface area contributed by atoms with E-state index in [0.29, 0.717) is 28.4 Å². The first-order chi connectivity index (χ1) is 17.2. The molecule has 2 aromatic heterocycles. The van der Waals surface area contributed by atoms with E-state index in [9.17, 15) is 14.0 Å². The van der Waals surface area contributed by atoms with Crippen molar-refractivity contribution in [3.63, 3.8) is 0 Å². The van der Waals surface area contributed by atoms with Crippen molar-refractivity contribution in [1.29, 1.82) is 5.26 Å². The molecule has 184 valence electrons. The van der Waals surface area contributed by atoms with Crippen molar-refractivity contribution in [3.8, 4) is 6.07 Å². The van der Waals surface area contributed by atoms with E-state index in [1.165, 1.54) is 34.0 Å². The van der Waals surface area contributed by atoms with Crippen LogP contribution in [0.5, 0.6) is 0 Å². The molecule has 0 bridgehead atoms. The van der Waals surface area contributed by atoms with Crippen LogP contribution >= 0.6 is 11.6 Å². The first-order valence-electron chi connectivity index (χ1n) is 10.6. The molecule has 3 aromatic rings. The monoisotopic (exact) mass is 510 g/mol. The number of hydrogen-bond acceptors (Lipinski definition) is 9. The van der Waals surface area contributed by atoms with Gasteiger partial charge >= 0.3 is 11.4 Å². The van der Waals surface area contributed by atoms with E-state index in [0.717, 1.165) is 16.2 Å². The predicted octanol–water partition coefficient (Wildman–Crippen LogP) is 2.01. The zero-order valence-electron chi connectivity index (χ0n) is 19.0. The Labute approximate surface area is 208 Å². The lowest BCUT2D eigenvalue weighted by Crippen LogP contribution is -2.43. The quantitative estimate of drug-likeness (QED) is 0.359. The Hall–Kier alpha value is -4.47. The van der Waals surface area contributed by atoms with Crippen molar-refractivity contribution in [1.82, 2.24) is 24.3 Å². The maximum absolute atomic E-state index is 14.3. The molecule has 1 aromatic carbocycles. The molecule has 11 nitrogen and oxygen atoms in total. The first-order valence-corrected chi connectivity index (χ1v) is 11.0. The van der Waals surface area contributed by atoms with E-state index < -0.39 is 17.2 Å². The van der Waals surface area contributed by atoms with Crippen molar-refractivity contribution in [2.45, 2.75) is 19.5 Å². The summed E-state index contributed by atoms with van der Waals surface area (Å²) in [4.78, 5) is 30.3. The molecule has 3 N–H and O–H groups in total. The maximum atomic E-state index is 14.3. The zero-order chi connectivity index (χ0) is 25.8. The molecule has 13 heteroatoms. The molecule has 0 spiro atoms. The van der Waals surface area contributed by atoms with Gasteiger partial charge in [-0.25, -0.2) is 24.4 Å². The van der Waals surface area contributed by atoms with Crippen LogP contribution in [0.25, 0.3) is 0 Å². The third kappa shape index (κ3) is 5.43. The third-order valence-corrected chi connectivity index (χ3v) is 5.53. The molecule has 0 saturated heterocycles. The van der Waals surface area contributed by atoms with Gasteiger partial charge in [0.05, 0.1) is 29.4 Å². The van der Waals surface area contributed by atoms with Crippen molar-refractivity contribution in [2.75, 3.05) is 12.4 Å². The largest absolute Gasteiger partial charge is 0.364 e. The van der Waals surface area contributed by atoms with Crippen LogP contribution in [-0.4, -0.2) is 31.3 Å². The second kappa shape index (κ2) is 10.4. The number of hydrazine groups is 1. The third-order valence-electron chi connectivity index (χ3n) is 5.18. The lowest BCUT2D eigenvalue weighted by atomic mass is 10.1. The van der Waals surface area contributed by atoms with Crippen LogP contribution in [0.4, 0.5) is 10.3 Å². The molecule has 4 rings (SSSR count). The average molecular weight is 511 g/mol. The molecule has 2 heterocycles. The number of nitrogens with zero attached hydrogens (tertiary/aromatic N) is 6. The van der Waals surface area contributed by atoms with Gasteiger partial charge in [-0.05, 0) is 35.8 Å². The zero-order valence-corrected chi connectivity index (χ0v) is 19.7. The summed E-state index contributed by atoms with van der Waals surface area (Å²) in [7, 11) is 1.67. The van der Waals surface area contributed by atoms with Gasteiger partial charge in [0.15, 0.2) is 0 Å². The molecule has 0 radical (unpaired) electrons. The van der Waals surface area contributed by atoms with Crippen LogP contribution in [0.2, 0.25) is 0 Å². The van der Waals surface area contributed by atoms with Crippen LogP contribution in [0.15, 0.2) is 79.3 Å². The smallest absolute Gasteiger partial charge is 0.355 e. The topological polar surface area (TPSA) is 148 Å². The molecule has 0 unspecified atom stereocenters. The Morgan fingerprint density at radius 2 is 2.14 bits per heavy atom. The van der Waals surface area contributed by atoms with Gasteiger partial charge in [0.1, 0.15) is 23.8 Å². The highest BCUT2D eigenvalue weighted by molar-refractivity contribution is 6.32. The van der Waals surface area contributed by atoms with Gasteiger partial charge in [0, 0.05) is 19.3 Å². The number of anilines is 1. The average Bonchev–Trinajstić information content (AvgIpc) is 3.34. The fourth-order valence-corrected chi connectivity index (χ4v) is 3.69. The van der Waals surface area contributed by atoms with E-state index >= 15 is 0 Å². The molecular formula is C23H20ClFN8O3. The van der Waals surface area contributed by atoms with Gasteiger partial charge in [-0.3, -0.25) is 4.57 Å². The highest BCUT2D eigenvalue weighted by Gasteiger charge is 2.19. The Morgan fingerprint density at radius 3 is 2.81 bits per heavy atom. The highest BCUT2D eigenvalue weighted by Crippen LogP contribution is 2.26. The number of nitrogens with two attached hydrogens (primary N) is 1. The number of nitriles is 1. The molecule has 0 fully saturated rings. The van der Waals surface area contributed by atoms with Gasteiger partial charge in [-0.2, -0.15) is 10.2 Å². The number of nitrogens with one attached hydrogen (secondary N) is 1. The van der Waals surface area contributed by atoms with Crippen LogP contribution < -0.4 is 22.5 Å². The highest BCUT2D eigenvalue weighted by atomic mass is 35.5. The minimum atomic E-state index is -0.832. The van der Waals surface area contributed by atoms with Crippen molar-refractivity contribution < 1.29 is 8.91 Å². The van der Waals surface area contributed by atoms with E-state index in [1.54, 1.807) is 31.5 Å². The summed E-state index contributed by atoms with van der Waals surface area (Å²) < 4.78 is 21.1. The van der Waals surface area contributed by atoms with E-state index in [2.05, 4.69) is 15.5 Å². The fraction of sp³-hybridized carbons (Fsp3) is 0.174. The molecular weight excluding hydrogens is 491 g/mol. The normalized spacial score (nSPS) is 14.2. The molecule has 0 aliphatic heterocycles. The molecule has 1 aliphatic carbocycles. The number of halogens is 2. The standard InChI is InChI=1S/C23H20ClFN8O3/c1-31(27)11-15-3-5-18(24)20(9-15)28-21-29-22(34)33(13-17-6-7-36-30-17)23(35)32(21)12-14-2-4-16(10-26)19(25)8-14/h2,4-9,11H,3,12-13,27H2,1H3,(H,28,29,34)/b15-11+. The van der Waals surface area contributed by atoms with Gasteiger partial charge < -0.3 is 14.8 Å². The minimum Gasteiger partial charge on any atom is -0.364 e. The van der Waals surface area contributed by atoms with E-state index in [-0.39, 0.29) is 24.6 Å². The van der Waals surface area contributed by atoms with Crippen LogP contribution in [0.3, 0.4) is 0 Å². The number of allylic oxidation sites excluding steroid dienone is 4. The SMILES string of the molecule is CN(N)/C=C1/C=C(Nc2nc(=O)n(Cc3ccon3)c(=O)n2Cc2ccc(C#N)c(F)c2)C(Cl)=CC1. The van der Waals surface area contributed by atoms with Crippen LogP contribution in [0, 0.1) is 17.1 Å². The lowest BCUT2D eigenvalue weighted by Gasteiger charge is -2.19. The molecule has 36 heavy (non-hydrogen) atoms. The van der Waals surface area contributed by atoms with E-state index in [1.807, 2.05) is 0 Å². The maximum Gasteiger partial charge on any atom is 0.355 e. The second-order valence-corrected chi connectivity index (χ2v) is 8.31. The van der Waals surface area contributed by atoms with Crippen LogP contribution in [-0.2, 0) is 13.1 Å². The van der Waals surface area contributed by atoms with Crippen molar-refractivity contribution >= 4 is 17.5 Å². The Kier molecular flexibility index (Phi) is 7.14. The second-order valence-electron chi connectivity index (χ2n) is 7.90. The molecule has 0 atom stereocenters. The van der Waals surface area contributed by atoms with Gasteiger partial charge in [-0.15, -0.1) is 0 Å². The Bertz CT molecular complexity index is 1540. The number of hydrogen-bond donors (Lipinski definition) is 2. The van der Waals surface area contributed by atoms with Crippen molar-refractivity contribution in [2.24, 2.45) is 5.84 Å². The van der Waals surface area contributed by atoms with Gasteiger partial charge in [-0.1, -0.05) is 28.9 Å². The summed E-state index contributed by atoms with van der Waals surface area (Å²) in [5, 5.41) is 17.4. The number of benzene rings is 1. The minimum absolute atomic E-state index is 0.105. The molecule has 0 saturated carbocycles. The Balaban J connectivity index is 1.80. The Morgan fingerprint density at radius 1 is 1.33 bits per heavy atom. The lowest BCUT2D eigenvalue weighted by molar-refractivity contribution is 0.407. The number of rotatable bonds is 7. The molecule has 1 aliphatic rings. The van der Waals surface area contributed by atoms with Gasteiger partial charge in [0.2, 0.25) is 5.95 Å². The summed E-state index contributed by atoms with van der Waals surface area (Å²) in [6, 6.07) is 7.23. The summed E-state index contributed by atoms with van der Waals surface area (Å²) in [5.74, 6) is 4.86. The van der Waals surface area contributed by atoms with Gasteiger partial charge in [0.25, 0.3) is 0 Å². The summed E-state index contributed by atoms with van der Waals surface area (Å²) >= 11 is 6.37. The molecule has 0 amide bonds. The fourth-order valence-electron chi connectivity index (χ4n) is 3.51. The summed E-state index contributed by atoms with van der Waals surface area (Å²) in [5.41, 5.74) is 0.225. The summed E-state index contributed by atoms with van der Waals surface area (Å²) in [6.07, 6.45) is 6.98. The summed E-state index contributed by atoms with van der Waals surface area (Å²) in [6.45, 7) is -0.332. The van der Waals surface area contributed by atoms with E-state index in [4.69, 9.17) is 27.2 Å². The predicted molar refractivity (Wildman–Crippen MR) is 129 cm³/mol. The first kappa shape index (κ1) is 24.6.